The summed E-state index contributed by atoms with van der Waals surface area (Å²) in [6.07, 6.45) is 3.49. The highest BCUT2D eigenvalue weighted by Gasteiger charge is 2.66. The number of amides is 1. The van der Waals surface area contributed by atoms with Crippen molar-refractivity contribution < 1.29 is 18.3 Å². The number of ether oxygens (including phenoxy) is 1. The first-order chi connectivity index (χ1) is 20.3. The molecular formula is C30H28F2N8O2. The van der Waals surface area contributed by atoms with Gasteiger partial charge >= 0.3 is 0 Å². The van der Waals surface area contributed by atoms with Crippen molar-refractivity contribution in [2.45, 2.75) is 43.6 Å². The minimum atomic E-state index is -2.70. The minimum Gasteiger partial charge on any atom is -0.383 e. The Morgan fingerprint density at radius 3 is 2.64 bits per heavy atom. The van der Waals surface area contributed by atoms with Crippen LogP contribution in [-0.4, -0.2) is 54.3 Å². The third kappa shape index (κ3) is 3.74. The molecule has 4 N–H and O–H groups in total. The number of fused-ring (bicyclic) bond motifs is 2. The van der Waals surface area contributed by atoms with Crippen LogP contribution in [0.3, 0.4) is 0 Å². The highest BCUT2D eigenvalue weighted by atomic mass is 19.3. The number of carbonyl (C=O) groups is 1. The molecule has 0 saturated heterocycles. The number of methoxy groups -OCH3 is 1. The maximum atomic E-state index is 13.9. The molecule has 5 aromatic rings. The number of nitrogen functional groups attached to an aromatic ring is 1. The van der Waals surface area contributed by atoms with Crippen LogP contribution in [0.25, 0.3) is 34.1 Å². The van der Waals surface area contributed by atoms with Gasteiger partial charge in [0.25, 0.3) is 6.43 Å². The molecule has 4 aromatic heterocycles. The number of alkyl halides is 2. The molecule has 1 aromatic carbocycles. The van der Waals surface area contributed by atoms with Crippen LogP contribution in [0.2, 0.25) is 0 Å². The molecule has 7 rings (SSSR count). The molecule has 42 heavy (non-hydrogen) atoms. The van der Waals surface area contributed by atoms with Crippen LogP contribution >= 0.6 is 0 Å². The van der Waals surface area contributed by atoms with Gasteiger partial charge in [-0.2, -0.15) is 5.10 Å². The van der Waals surface area contributed by atoms with E-state index in [2.05, 4.69) is 10.1 Å². The number of rotatable bonds is 7. The first kappa shape index (κ1) is 26.2. The molecule has 0 spiro atoms. The summed E-state index contributed by atoms with van der Waals surface area (Å²) >= 11 is 0. The topological polar surface area (TPSA) is 140 Å². The number of benzene rings is 1. The Kier molecular flexibility index (Phi) is 5.87. The second kappa shape index (κ2) is 9.41. The number of primary amides is 1. The number of hydrogen-bond donors (Lipinski definition) is 2. The molecule has 12 heteroatoms. The van der Waals surface area contributed by atoms with E-state index in [9.17, 15) is 13.6 Å². The molecule has 0 aliphatic heterocycles. The summed E-state index contributed by atoms with van der Waals surface area (Å²) in [6, 6.07) is 15.1. The molecular weight excluding hydrogens is 542 g/mol. The molecule has 10 nitrogen and oxygen atoms in total. The predicted molar refractivity (Wildman–Crippen MR) is 151 cm³/mol. The van der Waals surface area contributed by atoms with Crippen molar-refractivity contribution in [1.29, 1.82) is 0 Å². The van der Waals surface area contributed by atoms with Crippen LogP contribution in [0.5, 0.6) is 0 Å². The monoisotopic (exact) mass is 570 g/mol. The lowest BCUT2D eigenvalue weighted by atomic mass is 9.52. The fourth-order valence-electron chi connectivity index (χ4n) is 6.82. The van der Waals surface area contributed by atoms with Crippen molar-refractivity contribution >= 4 is 22.9 Å². The quantitative estimate of drug-likeness (QED) is 0.299. The Balaban J connectivity index is 1.35. The summed E-state index contributed by atoms with van der Waals surface area (Å²) in [5, 5.41) is 4.31. The smallest absolute Gasteiger partial charge is 0.267 e. The number of aromatic nitrogens is 6. The second-order valence-electron chi connectivity index (χ2n) is 11.1. The molecule has 4 heterocycles. The van der Waals surface area contributed by atoms with Crippen molar-refractivity contribution in [1.82, 2.24) is 29.3 Å². The Hall–Kier alpha value is -4.71. The highest BCUT2D eigenvalue weighted by Crippen LogP contribution is 2.62. The van der Waals surface area contributed by atoms with Gasteiger partial charge in [-0.1, -0.05) is 6.07 Å². The average molecular weight is 571 g/mol. The molecule has 2 aliphatic rings. The standard InChI is InChI=1S/C30H28F2N8O2/c1-42-30(27(31)32)15-29(16-30,28(34)41)21-8-5-17-14-18(6-7-19(17)21)40-25(20-4-2-11-35-24(20)33)37-22-9-10-23(38-26(22)40)39-13-3-12-36-39/h2-4,6-7,9-14,21,27H,5,8,15-16H2,1H3,(H2,33,35)(H2,34,41)/t21-,29?,30?/m0/s1. The van der Waals surface area contributed by atoms with E-state index in [0.29, 0.717) is 47.0 Å². The highest BCUT2D eigenvalue weighted by molar-refractivity contribution is 5.85. The Bertz CT molecular complexity index is 1830. The first-order valence-electron chi connectivity index (χ1n) is 13.6. The minimum absolute atomic E-state index is 0.105. The molecule has 0 radical (unpaired) electrons. The lowest BCUT2D eigenvalue weighted by Gasteiger charge is -2.55. The van der Waals surface area contributed by atoms with E-state index in [4.69, 9.17) is 26.2 Å². The lowest BCUT2D eigenvalue weighted by molar-refractivity contribution is -0.223. The van der Waals surface area contributed by atoms with Gasteiger partial charge in [0.05, 0.1) is 11.0 Å². The summed E-state index contributed by atoms with van der Waals surface area (Å²) in [5.41, 5.74) is 14.1. The van der Waals surface area contributed by atoms with Gasteiger partial charge in [0, 0.05) is 31.4 Å². The lowest BCUT2D eigenvalue weighted by Crippen LogP contribution is -2.64. The van der Waals surface area contributed by atoms with Gasteiger partial charge in [-0.3, -0.25) is 9.36 Å². The number of imidazole rings is 1. The zero-order chi connectivity index (χ0) is 29.2. The number of aryl methyl sites for hydroxylation is 1. The largest absolute Gasteiger partial charge is 0.383 e. The normalized spacial score (nSPS) is 23.3. The van der Waals surface area contributed by atoms with E-state index in [-0.39, 0.29) is 18.8 Å². The maximum absolute atomic E-state index is 13.9. The first-order valence-corrected chi connectivity index (χ1v) is 13.6. The summed E-state index contributed by atoms with van der Waals surface area (Å²) in [5.74, 6) is 0.678. The van der Waals surface area contributed by atoms with Crippen LogP contribution < -0.4 is 11.5 Å². The average Bonchev–Trinajstić information content (AvgIpc) is 3.71. The van der Waals surface area contributed by atoms with E-state index in [1.54, 1.807) is 23.1 Å². The van der Waals surface area contributed by atoms with E-state index < -0.39 is 23.3 Å². The zero-order valence-corrected chi connectivity index (χ0v) is 22.7. The fraction of sp³-hybridized carbons (Fsp3) is 0.300. The van der Waals surface area contributed by atoms with E-state index in [1.165, 1.54) is 7.11 Å². The fourth-order valence-corrected chi connectivity index (χ4v) is 6.82. The van der Waals surface area contributed by atoms with E-state index in [1.807, 2.05) is 53.2 Å². The van der Waals surface area contributed by atoms with Gasteiger partial charge in [0.1, 0.15) is 16.9 Å². The Morgan fingerprint density at radius 1 is 1.12 bits per heavy atom. The third-order valence-electron chi connectivity index (χ3n) is 8.96. The van der Waals surface area contributed by atoms with Crippen LogP contribution in [-0.2, 0) is 16.0 Å². The number of pyridine rings is 2. The maximum Gasteiger partial charge on any atom is 0.267 e. The molecule has 2 aliphatic carbocycles. The summed E-state index contributed by atoms with van der Waals surface area (Å²) in [4.78, 5) is 26.8. The second-order valence-corrected chi connectivity index (χ2v) is 11.1. The van der Waals surface area contributed by atoms with Gasteiger partial charge in [-0.25, -0.2) is 28.4 Å². The van der Waals surface area contributed by atoms with Crippen molar-refractivity contribution in [3.05, 3.63) is 78.2 Å². The van der Waals surface area contributed by atoms with Crippen LogP contribution in [0.4, 0.5) is 14.6 Å². The van der Waals surface area contributed by atoms with Gasteiger partial charge in [0.15, 0.2) is 17.3 Å². The molecule has 1 saturated carbocycles. The molecule has 0 unspecified atom stereocenters. The van der Waals surface area contributed by atoms with E-state index in [0.717, 1.165) is 16.8 Å². The summed E-state index contributed by atoms with van der Waals surface area (Å²) in [6.45, 7) is 0. The number of nitrogens with two attached hydrogens (primary N) is 2. The summed E-state index contributed by atoms with van der Waals surface area (Å²) in [7, 11) is 1.26. The van der Waals surface area contributed by atoms with Crippen molar-refractivity contribution in [2.75, 3.05) is 12.8 Å². The number of hydrogen-bond acceptors (Lipinski definition) is 7. The summed E-state index contributed by atoms with van der Waals surface area (Å²) < 4.78 is 36.6. The predicted octanol–water partition coefficient (Wildman–Crippen LogP) is 4.20. The van der Waals surface area contributed by atoms with Gasteiger partial charge < -0.3 is 16.2 Å². The Morgan fingerprint density at radius 2 is 1.95 bits per heavy atom. The van der Waals surface area contributed by atoms with Crippen molar-refractivity contribution in [3.63, 3.8) is 0 Å². The molecule has 1 amide bonds. The van der Waals surface area contributed by atoms with Gasteiger partial charge in [-0.15, -0.1) is 0 Å². The van der Waals surface area contributed by atoms with Crippen molar-refractivity contribution in [2.24, 2.45) is 11.1 Å². The van der Waals surface area contributed by atoms with Gasteiger partial charge in [-0.05, 0) is 85.2 Å². The van der Waals surface area contributed by atoms with Gasteiger partial charge in [0.2, 0.25) is 5.91 Å². The Labute approximate surface area is 239 Å². The third-order valence-corrected chi connectivity index (χ3v) is 8.96. The molecule has 1 fully saturated rings. The molecule has 1 atom stereocenters. The molecule has 0 bridgehead atoms. The van der Waals surface area contributed by atoms with Crippen LogP contribution in [0.1, 0.15) is 36.3 Å². The number of nitrogens with zero attached hydrogens (tertiary/aromatic N) is 6. The van der Waals surface area contributed by atoms with Crippen LogP contribution in [0, 0.1) is 5.41 Å². The zero-order valence-electron chi connectivity index (χ0n) is 22.7. The number of anilines is 1. The van der Waals surface area contributed by atoms with E-state index >= 15 is 0 Å². The molecule has 214 valence electrons. The SMILES string of the molecule is COC1(C(F)F)CC(C(N)=O)([C@H]2CCc3cc(-n4c(-c5cccnc5N)nc5ccc(-n6cccn6)nc54)ccc32)C1. The number of carbonyl (C=O) groups excluding carboxylic acids is 1. The van der Waals surface area contributed by atoms with Crippen LogP contribution in [0.15, 0.2) is 67.1 Å². The van der Waals surface area contributed by atoms with Crippen molar-refractivity contribution in [3.8, 4) is 22.9 Å². The number of halogens is 2.